The van der Waals surface area contributed by atoms with Gasteiger partial charge in [-0.1, -0.05) is 69.8 Å². The van der Waals surface area contributed by atoms with Gasteiger partial charge in [-0.15, -0.1) is 0 Å². The molecule has 0 aromatic carbocycles. The zero-order valence-corrected chi connectivity index (χ0v) is 48.1. The van der Waals surface area contributed by atoms with Crippen LogP contribution in [0, 0.1) is 90.7 Å². The molecule has 19 heteroatoms. The summed E-state index contributed by atoms with van der Waals surface area (Å²) in [4.78, 5) is 46.6. The number of carbonyl (C=O) groups is 2. The summed E-state index contributed by atoms with van der Waals surface area (Å²) in [6, 6.07) is -0.474. The number of hydrogen-bond donors (Lipinski definition) is 13. The number of aromatic amines is 2. The van der Waals surface area contributed by atoms with Gasteiger partial charge in [0.1, 0.15) is 30.4 Å². The first-order chi connectivity index (χ1) is 39.3. The van der Waals surface area contributed by atoms with Crippen LogP contribution in [-0.4, -0.2) is 148 Å². The quantitative estimate of drug-likeness (QED) is 0.0772. The molecule has 5 heterocycles. The first-order valence-electron chi connectivity index (χ1n) is 31.6. The predicted molar refractivity (Wildman–Crippen MR) is 298 cm³/mol. The molecule has 1 amide bonds. The van der Waals surface area contributed by atoms with Gasteiger partial charge in [0.25, 0.3) is 0 Å². The molecule has 9 fully saturated rings. The van der Waals surface area contributed by atoms with E-state index in [9.17, 15) is 45.6 Å². The summed E-state index contributed by atoms with van der Waals surface area (Å²) in [5.74, 6) is -2.81. The number of aliphatic hydroxyl groups excluding tert-OH is 7. The summed E-state index contributed by atoms with van der Waals surface area (Å²) in [7, 11) is 0. The van der Waals surface area contributed by atoms with Crippen molar-refractivity contribution >= 4 is 17.7 Å². The van der Waals surface area contributed by atoms with E-state index >= 15 is 4.79 Å². The molecule has 2 bridgehead atoms. The number of aromatic nitrogens is 4. The van der Waals surface area contributed by atoms with Crippen molar-refractivity contribution in [3.8, 4) is 0 Å². The molecule has 3 spiro atoms. The molecule has 19 nitrogen and oxygen atoms in total. The van der Waals surface area contributed by atoms with Crippen molar-refractivity contribution in [1.29, 1.82) is 0 Å². The Bertz CT molecular complexity index is 2870. The van der Waals surface area contributed by atoms with Gasteiger partial charge in [0, 0.05) is 65.1 Å². The number of hydrogen-bond acceptors (Lipinski definition) is 15. The van der Waals surface area contributed by atoms with Crippen LogP contribution in [0.2, 0.25) is 0 Å². The second kappa shape index (κ2) is 19.4. The molecule has 2 aromatic heterocycles. The van der Waals surface area contributed by atoms with Crippen molar-refractivity contribution < 1.29 is 59.9 Å². The number of nitrogens with one attached hydrogen (secondary N) is 4. The predicted octanol–water partition coefficient (Wildman–Crippen LogP) is 4.79. The van der Waals surface area contributed by atoms with Gasteiger partial charge < -0.3 is 76.7 Å². The third-order valence-corrected chi connectivity index (χ3v) is 27.1. The Labute approximate surface area is 480 Å². The van der Waals surface area contributed by atoms with Crippen LogP contribution in [0.5, 0.6) is 0 Å². The summed E-state index contributed by atoms with van der Waals surface area (Å²) in [6.45, 7) is 6.50. The van der Waals surface area contributed by atoms with E-state index in [0.717, 1.165) is 75.0 Å². The average molecular weight is 1140 g/mol. The number of aliphatic carboxylic acids is 1. The van der Waals surface area contributed by atoms with Crippen molar-refractivity contribution in [1.82, 2.24) is 25.3 Å². The number of carboxylic acid groups (broad SMARTS) is 1. The number of H-pyrrole nitrogens is 2. The fourth-order valence-electron chi connectivity index (χ4n) is 24.1. The number of ether oxygens (including phenoxy) is 2. The second-order valence-electron chi connectivity index (χ2n) is 29.6. The summed E-state index contributed by atoms with van der Waals surface area (Å²) >= 11 is 0. The van der Waals surface area contributed by atoms with Gasteiger partial charge in [0.05, 0.1) is 54.6 Å². The minimum absolute atomic E-state index is 0.00604. The van der Waals surface area contributed by atoms with Crippen LogP contribution in [0.3, 0.4) is 0 Å². The normalized spacial score (nSPS) is 48.7. The standard InChI is InChI=1S/C63H91N7O12/c1-56(28-71)20-21-60(55(79)80)38(24-56)36-13-19-62-33-12-18-61(36,37-23-40-52(69-31-68-40)66-25-39(37)60)58(62,3)17-14-43-57(2,29-72)51(82-53-50(77)48(75)42(73)27-81-53)49(76)46(63(43,62)32-8-4-5-9-32)35(22-33)45-47(70-54(78)59(45)15-6-7-16-59)34(10-11-44(64)74)41-26-65-30-67-41/h13,22,26,30-32,34-35,37-39,42-51,53,66,71-77H,4-12,14-21,23-25,27-29,64H2,1-3H3,(H,65,67)(H,68,69)(H,70,78)(H,79,80)/t34-,35+,37-,38+,39+,42-,43-,44+,45+,46+,47-,48+,49-,50-,51-,53+,56+,57+,58+,60-,61+,62-,63-/m1/s1. The minimum atomic E-state index is -1.66. The monoisotopic (exact) mass is 1140 g/mol. The minimum Gasteiger partial charge on any atom is -0.481 e. The van der Waals surface area contributed by atoms with Crippen LogP contribution in [0.4, 0.5) is 5.82 Å². The number of anilines is 1. The molecule has 14 N–H and O–H groups in total. The third kappa shape index (κ3) is 6.95. The number of fused-ring (bicyclic) bond motifs is 5. The van der Waals surface area contributed by atoms with Crippen LogP contribution in [-0.2, 0) is 25.5 Å². The Morgan fingerprint density at radius 1 is 0.902 bits per heavy atom. The number of aliphatic hydroxyl groups is 7. The molecular weight excluding hydrogens is 1050 g/mol. The molecule has 0 unspecified atom stereocenters. The van der Waals surface area contributed by atoms with E-state index in [0.29, 0.717) is 64.3 Å². The highest BCUT2D eigenvalue weighted by atomic mass is 16.7. The largest absolute Gasteiger partial charge is 0.481 e. The Morgan fingerprint density at radius 3 is 2.39 bits per heavy atom. The number of carboxylic acids is 1. The maximum absolute atomic E-state index is 15.6. The maximum Gasteiger partial charge on any atom is 0.310 e. The van der Waals surface area contributed by atoms with Crippen LogP contribution in [0.1, 0.15) is 154 Å². The number of nitrogens with zero attached hydrogens (tertiary/aromatic N) is 2. The Balaban J connectivity index is 1.05. The smallest absolute Gasteiger partial charge is 0.310 e. The first kappa shape index (κ1) is 56.1. The van der Waals surface area contributed by atoms with Crippen LogP contribution < -0.4 is 16.4 Å². The fraction of sp³-hybridized carbons (Fsp3) is 0.810. The van der Waals surface area contributed by atoms with Crippen molar-refractivity contribution in [2.75, 3.05) is 31.7 Å². The number of imidazole rings is 2. The van der Waals surface area contributed by atoms with E-state index in [4.69, 9.17) is 20.2 Å². The average Bonchev–Trinajstić information content (AvgIpc) is 0.690. The first-order valence-corrected chi connectivity index (χ1v) is 31.6. The van der Waals surface area contributed by atoms with Crippen molar-refractivity contribution in [2.24, 2.45) is 96.4 Å². The maximum atomic E-state index is 15.6. The topological polar surface area (TPSA) is 322 Å². The zero-order chi connectivity index (χ0) is 57.3. The molecule has 14 rings (SSSR count). The molecule has 450 valence electrons. The van der Waals surface area contributed by atoms with E-state index in [1.165, 1.54) is 11.1 Å². The Hall–Kier alpha value is -3.76. The Morgan fingerprint density at radius 2 is 1.68 bits per heavy atom. The molecule has 3 aliphatic heterocycles. The highest BCUT2D eigenvalue weighted by Gasteiger charge is 2.87. The lowest BCUT2D eigenvalue weighted by atomic mass is 9.18. The molecule has 0 radical (unpaired) electrons. The molecule has 7 saturated carbocycles. The van der Waals surface area contributed by atoms with Gasteiger partial charge in [-0.05, 0) is 148 Å². The number of amides is 1. The number of carbonyl (C=O) groups excluding carboxylic acids is 1. The van der Waals surface area contributed by atoms with Gasteiger partial charge >= 0.3 is 5.97 Å². The highest BCUT2D eigenvalue weighted by molar-refractivity contribution is 5.86. The molecule has 23 atom stereocenters. The van der Waals surface area contributed by atoms with Crippen molar-refractivity contribution in [2.45, 2.75) is 198 Å². The molecule has 12 aliphatic rings. The SMILES string of the molecule is C[C@]1(CO)CC[C@@]2(C(=O)O)[C@@H](C1)C1=CC[C@@]34C5=C[C@@H]([C@H]6[C@@H]([C@H](CC[C@@H](N)O)c7cnc[nH]7)NC(=O)C67CCCC7)[C@H]6[C@@H](O)[C@@H](O[C@@H]7OC[C@@H](O)[C@H](O)[C@H]7O)[C@@](C)(CO)[C@@H](CC[C@@]3(C)[C@]1(CC5)[C@@H]1Cc3[nH]cnc3NC[C@@H]12)[C@]64C1CCCC1. The van der Waals surface area contributed by atoms with Crippen molar-refractivity contribution in [3.05, 3.63) is 53.5 Å². The van der Waals surface area contributed by atoms with E-state index < -0.39 is 110 Å². The van der Waals surface area contributed by atoms with E-state index in [1.807, 2.05) is 6.20 Å². The number of allylic oxidation sites excluding steroid dienone is 4. The van der Waals surface area contributed by atoms with Crippen LogP contribution >= 0.6 is 0 Å². The van der Waals surface area contributed by atoms with Crippen LogP contribution in [0.15, 0.2) is 42.1 Å². The lowest BCUT2D eigenvalue weighted by Gasteiger charge is -2.85. The van der Waals surface area contributed by atoms with E-state index in [-0.39, 0.29) is 73.6 Å². The molecule has 9 aliphatic carbocycles. The number of rotatable bonds is 12. The lowest BCUT2D eigenvalue weighted by molar-refractivity contribution is -0.374. The highest BCUT2D eigenvalue weighted by Crippen LogP contribution is 2.90. The van der Waals surface area contributed by atoms with Crippen LogP contribution in [0.25, 0.3) is 0 Å². The summed E-state index contributed by atoms with van der Waals surface area (Å²) in [5, 5.41) is 102. The van der Waals surface area contributed by atoms with Gasteiger partial charge in [-0.25, -0.2) is 9.97 Å². The molecule has 82 heavy (non-hydrogen) atoms. The fourth-order valence-corrected chi connectivity index (χ4v) is 24.1. The third-order valence-electron chi connectivity index (χ3n) is 27.1. The van der Waals surface area contributed by atoms with Crippen molar-refractivity contribution in [3.63, 3.8) is 0 Å². The molecular formula is C63H91N7O12. The van der Waals surface area contributed by atoms with E-state index in [1.54, 1.807) is 12.7 Å². The molecule has 2 aromatic rings. The summed E-state index contributed by atoms with van der Waals surface area (Å²) in [5.41, 5.74) is 4.45. The lowest BCUT2D eigenvalue weighted by Crippen LogP contribution is -2.82. The molecule has 2 saturated heterocycles. The zero-order valence-electron chi connectivity index (χ0n) is 48.1. The van der Waals surface area contributed by atoms with Gasteiger partial charge in [0.15, 0.2) is 6.29 Å². The van der Waals surface area contributed by atoms with Gasteiger partial charge in [0.2, 0.25) is 5.91 Å². The second-order valence-corrected chi connectivity index (χ2v) is 29.6. The number of nitrogens with two attached hydrogens (primary N) is 1. The van der Waals surface area contributed by atoms with Gasteiger partial charge in [-0.3, -0.25) is 9.59 Å². The Kier molecular flexibility index (Phi) is 13.2. The van der Waals surface area contributed by atoms with E-state index in [2.05, 4.69) is 58.5 Å². The summed E-state index contributed by atoms with van der Waals surface area (Å²) < 4.78 is 13.2. The van der Waals surface area contributed by atoms with Gasteiger partial charge in [-0.2, -0.15) is 0 Å². The summed E-state index contributed by atoms with van der Waals surface area (Å²) in [6.07, 6.45) is 13.9.